The number of nitrogens with zero attached hydrogens (tertiary/aromatic N) is 1. The molecule has 1 N–H and O–H groups in total. The zero-order chi connectivity index (χ0) is 19.1. The molecule has 136 valence electrons. The first-order valence-corrected chi connectivity index (χ1v) is 9.35. The summed E-state index contributed by atoms with van der Waals surface area (Å²) in [5.74, 6) is 0.307. The molecule has 0 fully saturated rings. The van der Waals surface area contributed by atoms with Crippen LogP contribution in [0.3, 0.4) is 0 Å². The molecule has 1 amide bonds. The van der Waals surface area contributed by atoms with Crippen molar-refractivity contribution in [2.45, 2.75) is 6.61 Å². The molecule has 3 rings (SSSR count). The van der Waals surface area contributed by atoms with Crippen LogP contribution in [-0.4, -0.2) is 12.1 Å². The van der Waals surface area contributed by atoms with Crippen LogP contribution in [0, 0.1) is 0 Å². The second-order valence-electron chi connectivity index (χ2n) is 5.63. The summed E-state index contributed by atoms with van der Waals surface area (Å²) in [6.45, 7) is 0.435. The number of hydrazone groups is 1. The number of amides is 1. The topological polar surface area (TPSA) is 50.7 Å². The van der Waals surface area contributed by atoms with E-state index in [1.807, 2.05) is 48.5 Å². The molecule has 0 bridgehead atoms. The van der Waals surface area contributed by atoms with Crippen LogP contribution in [0.4, 0.5) is 0 Å². The summed E-state index contributed by atoms with van der Waals surface area (Å²) in [4.78, 5) is 12.1. The van der Waals surface area contributed by atoms with Gasteiger partial charge in [-0.25, -0.2) is 5.43 Å². The molecule has 27 heavy (non-hydrogen) atoms. The highest BCUT2D eigenvalue weighted by atomic mass is 79.9. The van der Waals surface area contributed by atoms with Gasteiger partial charge in [0.25, 0.3) is 5.91 Å². The van der Waals surface area contributed by atoms with E-state index in [1.165, 1.54) is 0 Å². The smallest absolute Gasteiger partial charge is 0.272 e. The Bertz CT molecular complexity index is 958. The minimum Gasteiger partial charge on any atom is -0.488 e. The van der Waals surface area contributed by atoms with Gasteiger partial charge in [0.1, 0.15) is 12.4 Å². The third kappa shape index (κ3) is 5.42. The number of rotatable bonds is 6. The lowest BCUT2D eigenvalue weighted by Gasteiger charge is -2.09. The quantitative estimate of drug-likeness (QED) is 0.407. The standard InChI is InChI=1S/C21H16BrClN2O2/c22-17-11-9-15(10-12-17)14-27-20-8-4-1-5-16(20)13-24-25-21(26)18-6-2-3-7-19(18)23/h1-13H,14H2,(H,25,26)/b24-13-. The first-order chi connectivity index (χ1) is 13.1. The molecule has 3 aromatic carbocycles. The van der Waals surface area contributed by atoms with Crippen molar-refractivity contribution in [1.82, 2.24) is 5.43 Å². The van der Waals surface area contributed by atoms with Crippen LogP contribution < -0.4 is 10.2 Å². The summed E-state index contributed by atoms with van der Waals surface area (Å²) in [7, 11) is 0. The normalized spacial score (nSPS) is 10.7. The van der Waals surface area contributed by atoms with Gasteiger partial charge in [-0.05, 0) is 42.0 Å². The highest BCUT2D eigenvalue weighted by molar-refractivity contribution is 9.10. The molecule has 6 heteroatoms. The molecule has 3 aromatic rings. The predicted octanol–water partition coefficient (Wildman–Crippen LogP) is 5.45. The molecule has 4 nitrogen and oxygen atoms in total. The van der Waals surface area contributed by atoms with E-state index in [2.05, 4.69) is 26.5 Å². The molecule has 0 radical (unpaired) electrons. The molecule has 0 unspecified atom stereocenters. The average Bonchev–Trinajstić information content (AvgIpc) is 2.68. The Morgan fingerprint density at radius 2 is 1.74 bits per heavy atom. The van der Waals surface area contributed by atoms with Crippen molar-refractivity contribution in [3.63, 3.8) is 0 Å². The van der Waals surface area contributed by atoms with Crippen molar-refractivity contribution in [1.29, 1.82) is 0 Å². The van der Waals surface area contributed by atoms with Crippen molar-refractivity contribution in [2.24, 2.45) is 5.10 Å². The van der Waals surface area contributed by atoms with Crippen molar-refractivity contribution in [3.05, 3.63) is 99.0 Å². The van der Waals surface area contributed by atoms with E-state index in [4.69, 9.17) is 16.3 Å². The van der Waals surface area contributed by atoms with E-state index in [0.29, 0.717) is 22.9 Å². The summed E-state index contributed by atoms with van der Waals surface area (Å²) in [5.41, 5.74) is 4.66. The van der Waals surface area contributed by atoms with Gasteiger partial charge in [0.2, 0.25) is 0 Å². The fourth-order valence-electron chi connectivity index (χ4n) is 2.33. The number of benzene rings is 3. The van der Waals surface area contributed by atoms with Gasteiger partial charge in [-0.15, -0.1) is 0 Å². The van der Waals surface area contributed by atoms with Gasteiger partial charge >= 0.3 is 0 Å². The molecule has 0 aliphatic rings. The van der Waals surface area contributed by atoms with Gasteiger partial charge < -0.3 is 4.74 Å². The lowest BCUT2D eigenvalue weighted by molar-refractivity contribution is 0.0955. The molecule has 0 spiro atoms. The number of carbonyl (C=O) groups is 1. The highest BCUT2D eigenvalue weighted by Crippen LogP contribution is 2.19. The summed E-state index contributed by atoms with van der Waals surface area (Å²) >= 11 is 9.43. The van der Waals surface area contributed by atoms with Crippen molar-refractivity contribution >= 4 is 39.7 Å². The number of hydrogen-bond acceptors (Lipinski definition) is 3. The van der Waals surface area contributed by atoms with Crippen LogP contribution >= 0.6 is 27.5 Å². The monoisotopic (exact) mass is 442 g/mol. The van der Waals surface area contributed by atoms with E-state index in [-0.39, 0.29) is 5.91 Å². The number of ether oxygens (including phenoxy) is 1. The lowest BCUT2D eigenvalue weighted by atomic mass is 10.2. The summed E-state index contributed by atoms with van der Waals surface area (Å²) in [6, 6.07) is 22.2. The summed E-state index contributed by atoms with van der Waals surface area (Å²) in [6.07, 6.45) is 1.55. The first-order valence-electron chi connectivity index (χ1n) is 8.17. The molecular formula is C21H16BrClN2O2. The second-order valence-corrected chi connectivity index (χ2v) is 6.95. The molecular weight excluding hydrogens is 428 g/mol. The lowest BCUT2D eigenvalue weighted by Crippen LogP contribution is -2.18. The third-order valence-corrected chi connectivity index (χ3v) is 4.57. The van der Waals surface area contributed by atoms with E-state index in [9.17, 15) is 4.79 Å². The Labute approximate surface area is 171 Å². The van der Waals surface area contributed by atoms with Crippen LogP contribution in [0.1, 0.15) is 21.5 Å². The SMILES string of the molecule is O=C(N/N=C\c1ccccc1OCc1ccc(Br)cc1)c1ccccc1Cl. The number of para-hydroxylation sites is 1. The Morgan fingerprint density at radius 1 is 1.04 bits per heavy atom. The molecule has 0 heterocycles. The van der Waals surface area contributed by atoms with Gasteiger partial charge in [-0.2, -0.15) is 5.10 Å². The molecule has 0 saturated heterocycles. The maximum Gasteiger partial charge on any atom is 0.272 e. The van der Waals surface area contributed by atoms with E-state index in [0.717, 1.165) is 15.6 Å². The Balaban J connectivity index is 1.65. The molecule has 0 aromatic heterocycles. The van der Waals surface area contributed by atoms with E-state index >= 15 is 0 Å². The highest BCUT2D eigenvalue weighted by Gasteiger charge is 2.08. The fraction of sp³-hybridized carbons (Fsp3) is 0.0476. The Kier molecular flexibility index (Phi) is 6.63. The first kappa shape index (κ1) is 19.1. The third-order valence-electron chi connectivity index (χ3n) is 3.71. The zero-order valence-corrected chi connectivity index (χ0v) is 16.6. The van der Waals surface area contributed by atoms with Gasteiger partial charge in [-0.1, -0.05) is 63.9 Å². The van der Waals surface area contributed by atoms with Gasteiger partial charge in [0.15, 0.2) is 0 Å². The van der Waals surface area contributed by atoms with Gasteiger partial charge in [-0.3, -0.25) is 4.79 Å². The van der Waals surface area contributed by atoms with Crippen molar-refractivity contribution in [2.75, 3.05) is 0 Å². The average molecular weight is 444 g/mol. The van der Waals surface area contributed by atoms with Crippen molar-refractivity contribution < 1.29 is 9.53 Å². The number of hydrogen-bond donors (Lipinski definition) is 1. The minimum atomic E-state index is -0.370. The molecule has 0 atom stereocenters. The van der Waals surface area contributed by atoms with Crippen LogP contribution in [-0.2, 0) is 6.61 Å². The van der Waals surface area contributed by atoms with Crippen LogP contribution in [0.2, 0.25) is 5.02 Å². The summed E-state index contributed by atoms with van der Waals surface area (Å²) < 4.78 is 6.91. The number of nitrogens with one attached hydrogen (secondary N) is 1. The van der Waals surface area contributed by atoms with E-state index < -0.39 is 0 Å². The Hall–Kier alpha value is -2.63. The maximum atomic E-state index is 12.1. The molecule has 0 saturated carbocycles. The fourth-order valence-corrected chi connectivity index (χ4v) is 2.81. The molecule has 0 aliphatic carbocycles. The van der Waals surface area contributed by atoms with Gasteiger partial charge in [0, 0.05) is 10.0 Å². The summed E-state index contributed by atoms with van der Waals surface area (Å²) in [5, 5.41) is 4.40. The van der Waals surface area contributed by atoms with Crippen molar-refractivity contribution in [3.8, 4) is 5.75 Å². The predicted molar refractivity (Wildman–Crippen MR) is 111 cm³/mol. The maximum absolute atomic E-state index is 12.1. The van der Waals surface area contributed by atoms with Crippen LogP contribution in [0.25, 0.3) is 0 Å². The molecule has 0 aliphatic heterocycles. The van der Waals surface area contributed by atoms with Crippen LogP contribution in [0.5, 0.6) is 5.75 Å². The zero-order valence-electron chi connectivity index (χ0n) is 14.2. The van der Waals surface area contributed by atoms with Gasteiger partial charge in [0.05, 0.1) is 16.8 Å². The minimum absolute atomic E-state index is 0.370. The number of halogens is 2. The second kappa shape index (κ2) is 9.35. The van der Waals surface area contributed by atoms with E-state index in [1.54, 1.807) is 30.5 Å². The number of carbonyl (C=O) groups excluding carboxylic acids is 1. The Morgan fingerprint density at radius 3 is 2.52 bits per heavy atom. The van der Waals surface area contributed by atoms with Crippen LogP contribution in [0.15, 0.2) is 82.4 Å². The largest absolute Gasteiger partial charge is 0.488 e.